The van der Waals surface area contributed by atoms with Crippen molar-refractivity contribution in [2.24, 2.45) is 0 Å². The van der Waals surface area contributed by atoms with Crippen LogP contribution in [0, 0.1) is 6.92 Å². The fourth-order valence-electron chi connectivity index (χ4n) is 3.34. The van der Waals surface area contributed by atoms with Gasteiger partial charge in [-0.05, 0) is 63.0 Å². The number of benzene rings is 1. The van der Waals surface area contributed by atoms with Crippen molar-refractivity contribution in [1.82, 2.24) is 25.0 Å². The van der Waals surface area contributed by atoms with Gasteiger partial charge < -0.3 is 10.2 Å². The van der Waals surface area contributed by atoms with Gasteiger partial charge in [0.1, 0.15) is 12.7 Å². The molecular weight excluding hydrogens is 338 g/mol. The van der Waals surface area contributed by atoms with Crippen molar-refractivity contribution < 1.29 is 4.79 Å². The zero-order chi connectivity index (χ0) is 16.9. The lowest BCUT2D eigenvalue weighted by Gasteiger charge is -2.35. The molecule has 0 radical (unpaired) electrons. The summed E-state index contributed by atoms with van der Waals surface area (Å²) in [6.07, 6.45) is 6.21. The maximum absolute atomic E-state index is 13.1. The minimum absolute atomic E-state index is 0. The number of aryl methyl sites for hydroxylation is 1. The summed E-state index contributed by atoms with van der Waals surface area (Å²) in [5.41, 5.74) is 2.68. The molecule has 1 amide bonds. The Balaban J connectivity index is 0.00000225. The molecule has 1 aromatic carbocycles. The summed E-state index contributed by atoms with van der Waals surface area (Å²) in [5.74, 6) is 0.145. The van der Waals surface area contributed by atoms with Crippen LogP contribution in [0.15, 0.2) is 30.9 Å². The number of carbonyl (C=O) groups is 1. The summed E-state index contributed by atoms with van der Waals surface area (Å²) in [7, 11) is 0. The molecule has 2 aromatic rings. The molecule has 1 aliphatic heterocycles. The van der Waals surface area contributed by atoms with Crippen molar-refractivity contribution in [2.45, 2.75) is 39.2 Å². The maximum atomic E-state index is 13.1. The molecule has 0 atom stereocenters. The summed E-state index contributed by atoms with van der Waals surface area (Å²) >= 11 is 0. The Hall–Kier alpha value is -1.92. The van der Waals surface area contributed by atoms with Crippen LogP contribution in [0.1, 0.15) is 42.1 Å². The molecule has 1 saturated heterocycles. The average molecular weight is 364 g/mol. The first-order valence-electron chi connectivity index (χ1n) is 8.68. The van der Waals surface area contributed by atoms with Crippen LogP contribution in [0.4, 0.5) is 0 Å². The molecule has 0 aliphatic carbocycles. The second-order valence-corrected chi connectivity index (χ2v) is 6.32. The minimum atomic E-state index is 0. The van der Waals surface area contributed by atoms with Crippen LogP contribution in [0.25, 0.3) is 5.69 Å². The monoisotopic (exact) mass is 363 g/mol. The highest BCUT2D eigenvalue weighted by Crippen LogP contribution is 2.20. The highest BCUT2D eigenvalue weighted by atomic mass is 35.5. The van der Waals surface area contributed by atoms with Crippen molar-refractivity contribution in [3.05, 3.63) is 42.0 Å². The number of nitrogens with zero attached hydrogens (tertiary/aromatic N) is 4. The predicted octanol–water partition coefficient (Wildman–Crippen LogP) is 2.60. The number of hydrogen-bond acceptors (Lipinski definition) is 4. The van der Waals surface area contributed by atoms with Crippen LogP contribution in [0.3, 0.4) is 0 Å². The van der Waals surface area contributed by atoms with Crippen molar-refractivity contribution in [3.8, 4) is 5.69 Å². The van der Waals surface area contributed by atoms with Gasteiger partial charge in [0.05, 0.1) is 5.69 Å². The molecule has 0 unspecified atom stereocenters. The Morgan fingerprint density at radius 3 is 2.72 bits per heavy atom. The quantitative estimate of drug-likeness (QED) is 0.886. The van der Waals surface area contributed by atoms with Gasteiger partial charge in [0.15, 0.2) is 0 Å². The molecule has 0 bridgehead atoms. The molecule has 6 nitrogen and oxygen atoms in total. The maximum Gasteiger partial charge on any atom is 0.254 e. The second-order valence-electron chi connectivity index (χ2n) is 6.32. The smallest absolute Gasteiger partial charge is 0.254 e. The van der Waals surface area contributed by atoms with E-state index in [0.29, 0.717) is 6.04 Å². The van der Waals surface area contributed by atoms with Crippen molar-refractivity contribution in [2.75, 3.05) is 19.6 Å². The second kappa shape index (κ2) is 8.97. The summed E-state index contributed by atoms with van der Waals surface area (Å²) in [4.78, 5) is 19.2. The molecule has 25 heavy (non-hydrogen) atoms. The zero-order valence-electron chi connectivity index (χ0n) is 14.8. The standard InChI is InChI=1S/C18H25N5O.ClH/c1-3-10-22(15-6-8-19-9-7-15)18(24)17-5-4-16(11-14(17)2)23-13-20-12-21-23;/h4-5,11-13,15,19H,3,6-10H2,1-2H3;1H. The summed E-state index contributed by atoms with van der Waals surface area (Å²) < 4.78 is 1.71. The number of hydrogen-bond donors (Lipinski definition) is 1. The number of carbonyl (C=O) groups excluding carboxylic acids is 1. The van der Waals surface area contributed by atoms with Gasteiger partial charge in [0.2, 0.25) is 0 Å². The molecule has 0 saturated carbocycles. The van der Waals surface area contributed by atoms with Crippen molar-refractivity contribution in [1.29, 1.82) is 0 Å². The van der Waals surface area contributed by atoms with Crippen LogP contribution in [-0.4, -0.2) is 51.2 Å². The Kier molecular flexibility index (Phi) is 6.96. The largest absolute Gasteiger partial charge is 0.336 e. The molecule has 1 fully saturated rings. The van der Waals surface area contributed by atoms with E-state index in [2.05, 4.69) is 27.2 Å². The zero-order valence-corrected chi connectivity index (χ0v) is 15.6. The van der Waals surface area contributed by atoms with Crippen molar-refractivity contribution >= 4 is 18.3 Å². The van der Waals surface area contributed by atoms with Crippen LogP contribution < -0.4 is 5.32 Å². The number of piperidine rings is 1. The van der Waals surface area contributed by atoms with E-state index in [1.54, 1.807) is 11.0 Å². The van der Waals surface area contributed by atoms with Gasteiger partial charge in [0.25, 0.3) is 5.91 Å². The molecule has 7 heteroatoms. The van der Waals surface area contributed by atoms with Gasteiger partial charge in [-0.2, -0.15) is 5.10 Å². The number of aromatic nitrogens is 3. The molecule has 0 spiro atoms. The van der Waals surface area contributed by atoms with E-state index >= 15 is 0 Å². The SMILES string of the molecule is CCCN(C(=O)c1ccc(-n2cncn2)cc1C)C1CCNCC1.Cl. The first kappa shape index (κ1) is 19.4. The normalized spacial score (nSPS) is 14.8. The van der Waals surface area contributed by atoms with Gasteiger partial charge in [-0.15, -0.1) is 12.4 Å². The lowest BCUT2D eigenvalue weighted by molar-refractivity contribution is 0.0642. The molecule has 1 aliphatic rings. The summed E-state index contributed by atoms with van der Waals surface area (Å²) in [5, 5.41) is 7.51. The Morgan fingerprint density at radius 2 is 2.12 bits per heavy atom. The van der Waals surface area contributed by atoms with Gasteiger partial charge >= 0.3 is 0 Å². The van der Waals surface area contributed by atoms with Crippen LogP contribution >= 0.6 is 12.4 Å². The van der Waals surface area contributed by atoms with Crippen molar-refractivity contribution in [3.63, 3.8) is 0 Å². The Bertz CT molecular complexity index is 683. The molecule has 1 N–H and O–H groups in total. The Labute approximate surface area is 155 Å². The lowest BCUT2D eigenvalue weighted by Crippen LogP contribution is -2.46. The lowest BCUT2D eigenvalue weighted by atomic mass is 10.0. The summed E-state index contributed by atoms with van der Waals surface area (Å²) in [6.45, 7) is 6.90. The molecular formula is C18H26ClN5O. The van der Waals surface area contributed by atoms with Gasteiger partial charge in [-0.25, -0.2) is 9.67 Å². The third-order valence-electron chi connectivity index (χ3n) is 4.60. The summed E-state index contributed by atoms with van der Waals surface area (Å²) in [6, 6.07) is 6.18. The highest BCUT2D eigenvalue weighted by molar-refractivity contribution is 5.96. The molecule has 1 aromatic heterocycles. The minimum Gasteiger partial charge on any atom is -0.336 e. The first-order valence-corrected chi connectivity index (χ1v) is 8.68. The molecule has 2 heterocycles. The molecule has 3 rings (SSSR count). The number of amides is 1. The Morgan fingerprint density at radius 1 is 1.36 bits per heavy atom. The third kappa shape index (κ3) is 4.38. The van der Waals surface area contributed by atoms with E-state index in [1.807, 2.05) is 25.1 Å². The van der Waals surface area contributed by atoms with Gasteiger partial charge in [-0.3, -0.25) is 4.79 Å². The van der Waals surface area contributed by atoms with E-state index in [4.69, 9.17) is 0 Å². The van der Waals surface area contributed by atoms with Crippen LogP contribution in [0.2, 0.25) is 0 Å². The molecule has 136 valence electrons. The fraction of sp³-hybridized carbons (Fsp3) is 0.500. The van der Waals surface area contributed by atoms with Gasteiger partial charge in [-0.1, -0.05) is 6.92 Å². The van der Waals surface area contributed by atoms with E-state index < -0.39 is 0 Å². The predicted molar refractivity (Wildman–Crippen MR) is 101 cm³/mol. The van der Waals surface area contributed by atoms with Crippen LogP contribution in [-0.2, 0) is 0 Å². The number of rotatable bonds is 5. The van der Waals surface area contributed by atoms with Crippen LogP contribution in [0.5, 0.6) is 0 Å². The average Bonchev–Trinajstić information content (AvgIpc) is 3.14. The van der Waals surface area contributed by atoms with E-state index in [0.717, 1.165) is 55.7 Å². The van der Waals surface area contributed by atoms with E-state index in [9.17, 15) is 4.79 Å². The third-order valence-corrected chi connectivity index (χ3v) is 4.60. The fourth-order valence-corrected chi connectivity index (χ4v) is 3.34. The van der Waals surface area contributed by atoms with E-state index in [1.165, 1.54) is 6.33 Å². The topological polar surface area (TPSA) is 63.1 Å². The highest BCUT2D eigenvalue weighted by Gasteiger charge is 2.26. The number of halogens is 1. The van der Waals surface area contributed by atoms with E-state index in [-0.39, 0.29) is 18.3 Å². The van der Waals surface area contributed by atoms with Gasteiger partial charge in [0, 0.05) is 18.2 Å². The first-order chi connectivity index (χ1) is 11.7. The number of nitrogens with one attached hydrogen (secondary N) is 1.